The van der Waals surface area contributed by atoms with Crippen molar-refractivity contribution in [1.29, 1.82) is 0 Å². The second-order valence-corrected chi connectivity index (χ2v) is 34.1. The Bertz CT molecular complexity index is 8040. The van der Waals surface area contributed by atoms with Crippen molar-refractivity contribution in [1.82, 2.24) is 122 Å². The maximum atomic E-state index is 12.9. The molecule has 0 saturated carbocycles. The van der Waals surface area contributed by atoms with Gasteiger partial charge in [0, 0.05) is 218 Å². The first-order valence-corrected chi connectivity index (χ1v) is 45.1. The number of nitrogens with one attached hydrogen (secondary N) is 5. The molecule has 24 heterocycles. The molecule has 5 aliphatic rings. The van der Waals surface area contributed by atoms with Gasteiger partial charge in [0.15, 0.2) is 0 Å². The number of pyridine rings is 9. The van der Waals surface area contributed by atoms with Crippen LogP contribution in [-0.2, 0) is 0 Å². The lowest BCUT2D eigenvalue weighted by atomic mass is 10.0. The van der Waals surface area contributed by atoms with Crippen LogP contribution >= 0.6 is 0 Å². The number of hydrogen-bond donors (Lipinski definition) is 5. The zero-order chi connectivity index (χ0) is 90.9. The summed E-state index contributed by atoms with van der Waals surface area (Å²) < 4.78 is 15.4. The van der Waals surface area contributed by atoms with Crippen LogP contribution in [-0.4, -0.2) is 211 Å². The van der Waals surface area contributed by atoms with E-state index >= 15 is 0 Å². The molecule has 0 bridgehead atoms. The Kier molecular flexibility index (Phi) is 23.9. The molecule has 19 aromatic rings. The third-order valence-electron chi connectivity index (χ3n) is 24.8. The van der Waals surface area contributed by atoms with E-state index in [1.54, 1.807) is 64.7 Å². The molecule has 0 unspecified atom stereocenters. The number of hydrogen-bond acceptors (Lipinski definition) is 23. The minimum Gasteiger partial charge on any atom is -0.368 e. The van der Waals surface area contributed by atoms with Gasteiger partial charge in [-0.05, 0) is 216 Å². The summed E-state index contributed by atoms with van der Waals surface area (Å²) in [6.07, 6.45) is 26.9. The SMILES string of the molecule is CCN1CC=C(c2ccc3nc(-c4ccn5nc(C)cc5c4)cc(=O)n3c2)CC1.Cc1cc2cc(-c3cc(=O)n4cc(C5=CCNCC5)ccc4n3)ccn2n1.Cc1cc2cc(-c3cc(=O)n4cc(N5CCNCC5)ccc4n3)ccn2n1.Cc1cc2cc(-c3cc(=O)n4cc(N5CCN[C@H](C)C5)ccc4n3)ccn2n1.O=c1cc(-c2cn[nH]c2)nc2ccc(N3CCNCC3)cn12. The van der Waals surface area contributed by atoms with Gasteiger partial charge < -0.3 is 36.0 Å². The van der Waals surface area contributed by atoms with Gasteiger partial charge in [0.2, 0.25) is 0 Å². The number of rotatable bonds is 11. The summed E-state index contributed by atoms with van der Waals surface area (Å²) in [6, 6.07) is 52.1. The number of H-pyrrole nitrogens is 1. The van der Waals surface area contributed by atoms with E-state index in [4.69, 9.17) is 19.9 Å². The lowest BCUT2D eigenvalue weighted by Crippen LogP contribution is -2.49. The lowest BCUT2D eigenvalue weighted by molar-refractivity contribution is 0.318. The summed E-state index contributed by atoms with van der Waals surface area (Å²) >= 11 is 0. The Morgan fingerprint density at radius 2 is 0.714 bits per heavy atom. The average molecular weight is 1770 g/mol. The van der Waals surface area contributed by atoms with Crippen molar-refractivity contribution in [2.45, 2.75) is 60.4 Å². The van der Waals surface area contributed by atoms with E-state index in [1.807, 2.05) is 229 Å². The van der Waals surface area contributed by atoms with Gasteiger partial charge in [0.1, 0.15) is 28.2 Å². The Hall–Kier alpha value is -15.6. The summed E-state index contributed by atoms with van der Waals surface area (Å²) in [4.78, 5) is 96.2. The molecule has 0 amide bonds. The van der Waals surface area contributed by atoms with Crippen molar-refractivity contribution >= 4 is 78.5 Å². The molecule has 133 heavy (non-hydrogen) atoms. The number of aryl methyl sites for hydroxylation is 4. The molecule has 0 aliphatic carbocycles. The third kappa shape index (κ3) is 18.6. The van der Waals surface area contributed by atoms with E-state index < -0.39 is 0 Å². The first-order valence-electron chi connectivity index (χ1n) is 45.1. The highest BCUT2D eigenvalue weighted by Gasteiger charge is 2.22. The smallest absolute Gasteiger partial charge is 0.258 e. The van der Waals surface area contributed by atoms with Gasteiger partial charge in [-0.2, -0.15) is 25.5 Å². The number of likely N-dealkylation sites (N-methyl/N-ethyl adjacent to an activating group) is 1. The van der Waals surface area contributed by atoms with Gasteiger partial charge >= 0.3 is 0 Å². The Balaban J connectivity index is 0.000000104. The summed E-state index contributed by atoms with van der Waals surface area (Å²) in [5.74, 6) is 0. The van der Waals surface area contributed by atoms with Crippen LogP contribution in [0.3, 0.4) is 0 Å². The van der Waals surface area contributed by atoms with Crippen molar-refractivity contribution < 1.29 is 0 Å². The number of fused-ring (bicyclic) bond motifs is 9. The van der Waals surface area contributed by atoms with Crippen LogP contribution in [0.1, 0.15) is 60.6 Å². The fraction of sp³-hybridized carbons (Fsp3) is 0.250. The van der Waals surface area contributed by atoms with Crippen molar-refractivity contribution in [3.05, 3.63) is 330 Å². The third-order valence-corrected chi connectivity index (χ3v) is 24.8. The highest BCUT2D eigenvalue weighted by atomic mass is 16.1. The van der Waals surface area contributed by atoms with Gasteiger partial charge in [0.25, 0.3) is 27.8 Å². The highest BCUT2D eigenvalue weighted by Crippen LogP contribution is 2.30. The minimum atomic E-state index is -0.0850. The van der Waals surface area contributed by atoms with Gasteiger partial charge in [-0.15, -0.1) is 0 Å². The maximum Gasteiger partial charge on any atom is 0.258 e. The highest BCUT2D eigenvalue weighted by molar-refractivity contribution is 5.75. The van der Waals surface area contributed by atoms with E-state index in [1.165, 1.54) is 11.1 Å². The number of nitrogens with zero attached hydrogens (tertiary/aromatic N) is 23. The molecule has 24 rings (SSSR count). The Labute approximate surface area is 762 Å². The minimum absolute atomic E-state index is 0.0667. The standard InChI is InChI=1S/C23H23N5O.C21H22N6O.C21H19N5O.C20H20N6O.C15H16N6O/c1-3-26-9-6-17(7-10-26)19-4-5-22-24-21(14-23(29)27(22)15-19)18-8-11-28-20(13-18)12-16(2)25-28;1-14-9-18-10-16(5-7-27(18)24-14)19-11-21(28)26-13-17(3-4-20(26)23-19)25-8-6-22-15(2)12-25;1-14-10-18-11-16(6-9-26(18)24-14)19-12-21(27)25-13-17(2-3-20(25)23-19)15-4-7-22-8-5-15;1-14-10-17-11-15(4-7-26(17)23-14)18-12-20(27)25-13-16(2-3-19(25)22-18)24-8-5-21-6-9-24;22-15-7-13(11-8-17-18-9-11)19-14-2-1-12(10-21(14)15)20-5-3-16-4-6-20/h4-6,8,11-15H,3,7,9-10H2,1-2H3;3-5,7,9-11,13,15,22H,6,8,12H2,1-2H3;2-4,6,9-13,22H,5,7-8H2,1H3;2-4,7,10-13,21H,5-6,8-9H2,1H3;1-2,7-10,16H,3-6H2,(H,17,18)/t;15-;;;/m.1.../s1. The molecule has 0 spiro atoms. The average Bonchev–Trinajstić information content (AvgIpc) is 1.73. The number of piperazine rings is 3. The maximum absolute atomic E-state index is 12.9. The summed E-state index contributed by atoms with van der Waals surface area (Å²) in [6.45, 7) is 27.6. The molecule has 33 heteroatoms. The zero-order valence-corrected chi connectivity index (χ0v) is 74.7. The van der Waals surface area contributed by atoms with Gasteiger partial charge in [-0.1, -0.05) is 19.1 Å². The monoisotopic (exact) mass is 1770 g/mol. The molecule has 33 nitrogen and oxygen atoms in total. The molecule has 3 fully saturated rings. The predicted octanol–water partition coefficient (Wildman–Crippen LogP) is 10.5. The first-order chi connectivity index (χ1) is 64.8. The molecule has 3 saturated heterocycles. The normalized spacial score (nSPS) is 15.5. The van der Waals surface area contributed by atoms with Crippen molar-refractivity contribution in [2.75, 3.05) is 119 Å². The molecule has 1 atom stereocenters. The summed E-state index contributed by atoms with van der Waals surface area (Å²) in [5, 5.41) is 37.6. The molecule has 5 N–H and O–H groups in total. The van der Waals surface area contributed by atoms with Crippen molar-refractivity contribution in [2.24, 2.45) is 0 Å². The van der Waals surface area contributed by atoms with Crippen molar-refractivity contribution in [3.8, 4) is 56.3 Å². The van der Waals surface area contributed by atoms with E-state index in [-0.39, 0.29) is 27.8 Å². The molecular formula is C100H100N28O5. The van der Waals surface area contributed by atoms with Crippen molar-refractivity contribution in [3.63, 3.8) is 0 Å². The van der Waals surface area contributed by atoms with Crippen LogP contribution in [0.2, 0.25) is 0 Å². The zero-order valence-electron chi connectivity index (χ0n) is 74.7. The predicted molar refractivity (Wildman–Crippen MR) is 521 cm³/mol. The number of aromatic nitrogens is 20. The van der Waals surface area contributed by atoms with Crippen LogP contribution < -0.4 is 63.8 Å². The summed E-state index contributed by atoms with van der Waals surface area (Å²) in [7, 11) is 0. The van der Waals surface area contributed by atoms with E-state index in [9.17, 15) is 24.0 Å². The fourth-order valence-electron chi connectivity index (χ4n) is 17.8. The second kappa shape index (κ2) is 37.1. The second-order valence-electron chi connectivity index (χ2n) is 34.1. The topological polar surface area (TPSA) is 331 Å². The van der Waals surface area contributed by atoms with Crippen LogP contribution in [0.15, 0.2) is 268 Å². The van der Waals surface area contributed by atoms with Crippen LogP contribution in [0.5, 0.6) is 0 Å². The molecule has 19 aromatic heterocycles. The van der Waals surface area contributed by atoms with Gasteiger partial charge in [-0.25, -0.2) is 43.0 Å². The molecule has 5 aliphatic heterocycles. The molecule has 0 aromatic carbocycles. The van der Waals surface area contributed by atoms with Crippen LogP contribution in [0.25, 0.3) is 118 Å². The fourth-order valence-corrected chi connectivity index (χ4v) is 17.8. The van der Waals surface area contributed by atoms with E-state index in [0.717, 1.165) is 218 Å². The van der Waals surface area contributed by atoms with Gasteiger partial charge in [-0.3, -0.25) is 56.0 Å². The van der Waals surface area contributed by atoms with Crippen LogP contribution in [0.4, 0.5) is 17.1 Å². The van der Waals surface area contributed by atoms with Crippen LogP contribution in [0, 0.1) is 27.7 Å². The number of aromatic amines is 1. The molecule has 0 radical (unpaired) electrons. The Morgan fingerprint density at radius 3 is 1.06 bits per heavy atom. The Morgan fingerprint density at radius 1 is 0.353 bits per heavy atom. The quantitative estimate of drug-likeness (QED) is 0.0803. The summed E-state index contributed by atoms with van der Waals surface area (Å²) in [5.41, 5.74) is 26.4. The van der Waals surface area contributed by atoms with E-state index in [0.29, 0.717) is 62.7 Å². The molecule has 670 valence electrons. The van der Waals surface area contributed by atoms with Gasteiger partial charge in [0.05, 0.1) is 96.6 Å². The number of anilines is 3. The lowest BCUT2D eigenvalue weighted by Gasteiger charge is -2.33. The molecular weight excluding hydrogens is 1670 g/mol. The largest absolute Gasteiger partial charge is 0.368 e. The van der Waals surface area contributed by atoms with E-state index in [2.05, 4.69) is 109 Å². The first kappa shape index (κ1) is 85.5.